The van der Waals surface area contributed by atoms with Crippen LogP contribution in [-0.2, 0) is 6.42 Å². The number of ether oxygens (including phenoxy) is 2. The zero-order chi connectivity index (χ0) is 13.8. The molecule has 2 aromatic rings. The third-order valence-electron chi connectivity index (χ3n) is 2.55. The summed E-state index contributed by atoms with van der Waals surface area (Å²) in [5.74, 6) is 0.810. The van der Waals surface area contributed by atoms with Crippen molar-refractivity contribution in [1.29, 1.82) is 0 Å². The second kappa shape index (κ2) is 6.04. The molecule has 0 fully saturated rings. The zero-order valence-electron chi connectivity index (χ0n) is 10.5. The Morgan fingerprint density at radius 1 is 1.37 bits per heavy atom. The summed E-state index contributed by atoms with van der Waals surface area (Å²) in [6.07, 6.45) is 1.93. The summed E-state index contributed by atoms with van der Waals surface area (Å²) in [7, 11) is 3.00. The molecule has 0 radical (unpaired) electrons. The molecule has 0 spiro atoms. The largest absolute Gasteiger partial charge is 0.493 e. The lowest BCUT2D eigenvalue weighted by Crippen LogP contribution is -2.04. The minimum atomic E-state index is -0.0576. The molecule has 0 aliphatic rings. The summed E-state index contributed by atoms with van der Waals surface area (Å²) in [6.45, 7) is 0. The maximum absolute atomic E-state index is 12.1. The highest BCUT2D eigenvalue weighted by Crippen LogP contribution is 2.36. The molecule has 0 bridgehead atoms. The van der Waals surface area contributed by atoms with E-state index in [0.29, 0.717) is 22.1 Å². The van der Waals surface area contributed by atoms with E-state index in [4.69, 9.17) is 21.1 Å². The fraction of sp³-hybridized carbons (Fsp3) is 0.231. The van der Waals surface area contributed by atoms with Crippen molar-refractivity contribution in [2.75, 3.05) is 14.2 Å². The van der Waals surface area contributed by atoms with Crippen LogP contribution < -0.4 is 9.47 Å². The number of carbonyl (C=O) groups excluding carboxylic acids is 1. The van der Waals surface area contributed by atoms with Crippen LogP contribution in [0.1, 0.15) is 15.4 Å². The smallest absolute Gasteiger partial charge is 0.179 e. The third-order valence-corrected chi connectivity index (χ3v) is 3.61. The van der Waals surface area contributed by atoms with Gasteiger partial charge >= 0.3 is 0 Å². The van der Waals surface area contributed by atoms with Crippen molar-refractivity contribution >= 4 is 28.7 Å². The molecule has 1 heterocycles. The molecule has 0 saturated carbocycles. The molecule has 4 nitrogen and oxygen atoms in total. The molecule has 100 valence electrons. The van der Waals surface area contributed by atoms with E-state index in [1.54, 1.807) is 18.3 Å². The lowest BCUT2D eigenvalue weighted by atomic mass is 10.1. The number of rotatable bonds is 5. The number of thiazole rings is 1. The molecule has 1 aromatic carbocycles. The molecule has 0 saturated heterocycles. The maximum Gasteiger partial charge on any atom is 0.179 e. The minimum Gasteiger partial charge on any atom is -0.493 e. The van der Waals surface area contributed by atoms with Crippen LogP contribution in [0.4, 0.5) is 0 Å². The van der Waals surface area contributed by atoms with Crippen molar-refractivity contribution in [3.05, 3.63) is 39.3 Å². The highest BCUT2D eigenvalue weighted by Gasteiger charge is 2.16. The molecule has 0 aliphatic heterocycles. The highest BCUT2D eigenvalue weighted by atomic mass is 35.5. The fourth-order valence-corrected chi connectivity index (χ4v) is 2.56. The first kappa shape index (κ1) is 13.8. The molecular weight excluding hydrogens is 286 g/mol. The van der Waals surface area contributed by atoms with Crippen molar-refractivity contribution in [1.82, 2.24) is 4.98 Å². The quantitative estimate of drug-likeness (QED) is 0.795. The first-order chi connectivity index (χ1) is 9.15. The Balaban J connectivity index is 2.29. The van der Waals surface area contributed by atoms with Gasteiger partial charge in [0.1, 0.15) is 5.01 Å². The van der Waals surface area contributed by atoms with Gasteiger partial charge in [0.05, 0.1) is 25.7 Å². The fourth-order valence-electron chi connectivity index (χ4n) is 1.66. The maximum atomic E-state index is 12.1. The van der Waals surface area contributed by atoms with E-state index >= 15 is 0 Å². The molecule has 0 unspecified atom stereocenters. The first-order valence-electron chi connectivity index (χ1n) is 5.48. The van der Waals surface area contributed by atoms with E-state index in [2.05, 4.69) is 4.98 Å². The molecule has 0 amide bonds. The van der Waals surface area contributed by atoms with Gasteiger partial charge in [-0.25, -0.2) is 4.98 Å². The van der Waals surface area contributed by atoms with Crippen molar-refractivity contribution < 1.29 is 14.3 Å². The SMILES string of the molecule is COc1cc(C(=O)Cc2nccs2)cc(Cl)c1OC. The number of methoxy groups -OCH3 is 2. The predicted molar refractivity (Wildman–Crippen MR) is 74.7 cm³/mol. The highest BCUT2D eigenvalue weighted by molar-refractivity contribution is 7.09. The van der Waals surface area contributed by atoms with Crippen LogP contribution in [0.15, 0.2) is 23.7 Å². The molecule has 0 aliphatic carbocycles. The summed E-state index contributed by atoms with van der Waals surface area (Å²) >= 11 is 7.52. The Morgan fingerprint density at radius 3 is 2.74 bits per heavy atom. The number of carbonyl (C=O) groups is 1. The molecule has 6 heteroatoms. The van der Waals surface area contributed by atoms with Gasteiger partial charge in [0, 0.05) is 17.1 Å². The second-order valence-electron chi connectivity index (χ2n) is 3.72. The topological polar surface area (TPSA) is 48.4 Å². The van der Waals surface area contributed by atoms with Crippen molar-refractivity contribution in [2.24, 2.45) is 0 Å². The van der Waals surface area contributed by atoms with Gasteiger partial charge in [-0.15, -0.1) is 11.3 Å². The number of halogens is 1. The van der Waals surface area contributed by atoms with E-state index < -0.39 is 0 Å². The Morgan fingerprint density at radius 2 is 2.16 bits per heavy atom. The molecule has 0 atom stereocenters. The summed E-state index contributed by atoms with van der Waals surface area (Å²) in [5, 5.41) is 2.96. The van der Waals surface area contributed by atoms with Crippen LogP contribution in [0.5, 0.6) is 11.5 Å². The normalized spacial score (nSPS) is 10.3. The number of aromatic nitrogens is 1. The third kappa shape index (κ3) is 3.05. The molecule has 19 heavy (non-hydrogen) atoms. The Bertz CT molecular complexity index is 584. The summed E-state index contributed by atoms with van der Waals surface area (Å²) in [4.78, 5) is 16.2. The zero-order valence-corrected chi connectivity index (χ0v) is 12.0. The van der Waals surface area contributed by atoms with Gasteiger partial charge in [-0.05, 0) is 12.1 Å². The van der Waals surface area contributed by atoms with Crippen LogP contribution in [0, 0.1) is 0 Å². The monoisotopic (exact) mass is 297 g/mol. The second-order valence-corrected chi connectivity index (χ2v) is 5.11. The molecule has 2 rings (SSSR count). The van der Waals surface area contributed by atoms with Gasteiger partial charge in [0.2, 0.25) is 0 Å². The number of benzene rings is 1. The number of nitrogens with zero attached hydrogens (tertiary/aromatic N) is 1. The Hall–Kier alpha value is -1.59. The standard InChI is InChI=1S/C13H12ClNO3S/c1-17-11-6-8(5-9(14)13(11)18-2)10(16)7-12-15-3-4-19-12/h3-6H,7H2,1-2H3. The predicted octanol–water partition coefficient (Wildman–Crippen LogP) is 3.24. The van der Waals surface area contributed by atoms with Gasteiger partial charge in [0.25, 0.3) is 0 Å². The summed E-state index contributed by atoms with van der Waals surface area (Å²) in [6, 6.07) is 3.21. The van der Waals surface area contributed by atoms with Crippen molar-refractivity contribution in [3.8, 4) is 11.5 Å². The van der Waals surface area contributed by atoms with Gasteiger partial charge in [-0.3, -0.25) is 4.79 Å². The van der Waals surface area contributed by atoms with Crippen LogP contribution >= 0.6 is 22.9 Å². The first-order valence-corrected chi connectivity index (χ1v) is 6.74. The van der Waals surface area contributed by atoms with Crippen molar-refractivity contribution in [2.45, 2.75) is 6.42 Å². The number of ketones is 1. The molecule has 0 N–H and O–H groups in total. The Labute approximate surface area is 120 Å². The van der Waals surface area contributed by atoms with Gasteiger partial charge in [-0.1, -0.05) is 11.6 Å². The number of hydrogen-bond acceptors (Lipinski definition) is 5. The van der Waals surface area contributed by atoms with E-state index in [1.807, 2.05) is 5.38 Å². The van der Waals surface area contributed by atoms with E-state index in [1.165, 1.54) is 25.6 Å². The van der Waals surface area contributed by atoms with E-state index in [9.17, 15) is 4.79 Å². The van der Waals surface area contributed by atoms with E-state index in [-0.39, 0.29) is 12.2 Å². The summed E-state index contributed by atoms with van der Waals surface area (Å²) < 4.78 is 10.3. The van der Waals surface area contributed by atoms with Crippen LogP contribution in [0.25, 0.3) is 0 Å². The average Bonchev–Trinajstić information content (AvgIpc) is 2.90. The Kier molecular flexibility index (Phi) is 4.39. The van der Waals surface area contributed by atoms with Crippen LogP contribution in [0.3, 0.4) is 0 Å². The summed E-state index contributed by atoms with van der Waals surface area (Å²) in [5.41, 5.74) is 0.484. The van der Waals surface area contributed by atoms with Gasteiger partial charge < -0.3 is 9.47 Å². The average molecular weight is 298 g/mol. The number of Topliss-reactive ketones (excluding diaryl/α,β-unsaturated/α-hetero) is 1. The van der Waals surface area contributed by atoms with Gasteiger partial charge in [-0.2, -0.15) is 0 Å². The van der Waals surface area contributed by atoms with Gasteiger partial charge in [0.15, 0.2) is 17.3 Å². The van der Waals surface area contributed by atoms with E-state index in [0.717, 1.165) is 5.01 Å². The minimum absolute atomic E-state index is 0.0576. The van der Waals surface area contributed by atoms with Crippen LogP contribution in [-0.4, -0.2) is 25.0 Å². The van der Waals surface area contributed by atoms with Crippen molar-refractivity contribution in [3.63, 3.8) is 0 Å². The van der Waals surface area contributed by atoms with Crippen LogP contribution in [0.2, 0.25) is 5.02 Å². The lowest BCUT2D eigenvalue weighted by Gasteiger charge is -2.11. The molecular formula is C13H12ClNO3S. The number of hydrogen-bond donors (Lipinski definition) is 0. The lowest BCUT2D eigenvalue weighted by molar-refractivity contribution is 0.0992. The molecule has 1 aromatic heterocycles.